The molecule has 0 aliphatic rings. The smallest absolute Gasteiger partial charge is 0.317 e. The summed E-state index contributed by atoms with van der Waals surface area (Å²) in [6.45, 7) is 6.26. The van der Waals surface area contributed by atoms with Gasteiger partial charge in [-0.05, 0) is 32.8 Å². The number of carbonyl (C=O) groups excluding carboxylic acids is 1. The van der Waals surface area contributed by atoms with Crippen LogP contribution >= 0.6 is 0 Å². The van der Waals surface area contributed by atoms with Crippen LogP contribution in [0.4, 0.5) is 13.6 Å². The second kappa shape index (κ2) is 11.8. The van der Waals surface area contributed by atoms with E-state index in [2.05, 4.69) is 20.3 Å². The third-order valence-corrected chi connectivity index (χ3v) is 5.72. The molecule has 3 aromatic heterocycles. The van der Waals surface area contributed by atoms with E-state index in [0.717, 1.165) is 5.69 Å². The van der Waals surface area contributed by atoms with Crippen molar-refractivity contribution >= 4 is 11.7 Å². The summed E-state index contributed by atoms with van der Waals surface area (Å²) in [5.74, 6) is 0.894. The number of urea groups is 1. The molecule has 1 atom stereocenters. The second-order valence-corrected chi connectivity index (χ2v) is 8.16. The third kappa shape index (κ3) is 6.34. The standard InChI is InChI=1S/C24H32F2N6O3/c1-6-16(8-9-21(25)26)29-24(33)31(7-2)13-17-10-18(20(34-4)11-27-17)19-14-32-12-15(3)28-22(32)23(30-19)35-5/h10-12,14,16,21H,6-9,13H2,1-5H3,(H,29,33)/t16-/m1/s1. The maximum Gasteiger partial charge on any atom is 0.317 e. The zero-order valence-electron chi connectivity index (χ0n) is 20.7. The van der Waals surface area contributed by atoms with Gasteiger partial charge in [-0.1, -0.05) is 6.92 Å². The maximum atomic E-state index is 12.8. The third-order valence-electron chi connectivity index (χ3n) is 5.72. The van der Waals surface area contributed by atoms with E-state index in [1.165, 1.54) is 7.11 Å². The van der Waals surface area contributed by atoms with Crippen LogP contribution in [0, 0.1) is 6.92 Å². The van der Waals surface area contributed by atoms with Gasteiger partial charge in [-0.3, -0.25) is 4.98 Å². The van der Waals surface area contributed by atoms with Crippen molar-refractivity contribution in [3.05, 3.63) is 36.0 Å². The van der Waals surface area contributed by atoms with Gasteiger partial charge in [0.15, 0.2) is 0 Å². The molecule has 3 rings (SSSR count). The van der Waals surface area contributed by atoms with E-state index in [1.807, 2.05) is 43.6 Å². The number of pyridine rings is 1. The summed E-state index contributed by atoms with van der Waals surface area (Å²) in [5, 5.41) is 2.86. The molecule has 35 heavy (non-hydrogen) atoms. The molecule has 190 valence electrons. The van der Waals surface area contributed by atoms with Gasteiger partial charge < -0.3 is 24.1 Å². The van der Waals surface area contributed by atoms with Gasteiger partial charge in [0.25, 0.3) is 5.88 Å². The van der Waals surface area contributed by atoms with Crippen molar-refractivity contribution in [2.75, 3.05) is 20.8 Å². The van der Waals surface area contributed by atoms with E-state index in [4.69, 9.17) is 9.47 Å². The van der Waals surface area contributed by atoms with Crippen molar-refractivity contribution in [3.8, 4) is 22.9 Å². The number of aryl methyl sites for hydroxylation is 1. The first-order valence-electron chi connectivity index (χ1n) is 11.6. The number of carbonyl (C=O) groups is 1. The topological polar surface area (TPSA) is 93.9 Å². The number of rotatable bonds is 11. The van der Waals surface area contributed by atoms with E-state index in [0.29, 0.717) is 47.2 Å². The van der Waals surface area contributed by atoms with Crippen molar-refractivity contribution in [1.82, 2.24) is 29.6 Å². The number of aromatic nitrogens is 4. The van der Waals surface area contributed by atoms with Crippen LogP contribution in [0.1, 0.15) is 44.5 Å². The van der Waals surface area contributed by atoms with Gasteiger partial charge in [-0.25, -0.2) is 23.5 Å². The van der Waals surface area contributed by atoms with Crippen molar-refractivity contribution in [2.45, 2.75) is 59.0 Å². The summed E-state index contributed by atoms with van der Waals surface area (Å²) in [6.07, 6.45) is 3.47. The number of hydrogen-bond donors (Lipinski definition) is 1. The average molecular weight is 491 g/mol. The van der Waals surface area contributed by atoms with E-state index in [-0.39, 0.29) is 31.5 Å². The van der Waals surface area contributed by atoms with Gasteiger partial charge in [0.05, 0.1) is 44.0 Å². The SMILES string of the molecule is CC[C@H](CCC(F)F)NC(=O)N(CC)Cc1cc(-c2cn3cc(C)nc3c(OC)n2)c(OC)cn1. The highest BCUT2D eigenvalue weighted by Gasteiger charge is 2.20. The fourth-order valence-electron chi connectivity index (χ4n) is 3.79. The maximum absolute atomic E-state index is 12.8. The van der Waals surface area contributed by atoms with Crippen molar-refractivity contribution in [2.24, 2.45) is 0 Å². The number of nitrogens with one attached hydrogen (secondary N) is 1. The van der Waals surface area contributed by atoms with E-state index >= 15 is 0 Å². The van der Waals surface area contributed by atoms with Crippen LogP contribution in [-0.4, -0.2) is 63.5 Å². The lowest BCUT2D eigenvalue weighted by molar-refractivity contribution is 0.128. The number of ether oxygens (including phenoxy) is 2. The number of amides is 2. The van der Waals surface area contributed by atoms with Crippen LogP contribution in [0.25, 0.3) is 16.9 Å². The van der Waals surface area contributed by atoms with Crippen LogP contribution in [0.2, 0.25) is 0 Å². The number of fused-ring (bicyclic) bond motifs is 1. The molecule has 1 N–H and O–H groups in total. The minimum Gasteiger partial charge on any atom is -0.494 e. The number of nitrogens with zero attached hydrogens (tertiary/aromatic N) is 5. The number of alkyl halides is 2. The van der Waals surface area contributed by atoms with Crippen LogP contribution in [0.5, 0.6) is 11.6 Å². The molecule has 0 unspecified atom stereocenters. The fourth-order valence-corrected chi connectivity index (χ4v) is 3.79. The Labute approximate surface area is 203 Å². The monoisotopic (exact) mass is 490 g/mol. The molecule has 0 spiro atoms. The Hall–Kier alpha value is -3.50. The minimum atomic E-state index is -2.39. The largest absolute Gasteiger partial charge is 0.494 e. The molecule has 0 saturated carbocycles. The first-order valence-corrected chi connectivity index (χ1v) is 11.6. The van der Waals surface area contributed by atoms with Crippen LogP contribution in [0.3, 0.4) is 0 Å². The lowest BCUT2D eigenvalue weighted by Crippen LogP contribution is -2.44. The quantitative estimate of drug-likeness (QED) is 0.426. The lowest BCUT2D eigenvalue weighted by atomic mass is 10.1. The molecule has 0 radical (unpaired) electrons. The Morgan fingerprint density at radius 3 is 2.57 bits per heavy atom. The Morgan fingerprint density at radius 2 is 1.94 bits per heavy atom. The lowest BCUT2D eigenvalue weighted by Gasteiger charge is -2.25. The molecular formula is C24H32F2N6O3. The summed E-state index contributed by atoms with van der Waals surface area (Å²) in [4.78, 5) is 27.9. The van der Waals surface area contributed by atoms with Gasteiger partial charge in [0.1, 0.15) is 5.75 Å². The van der Waals surface area contributed by atoms with Crippen LogP contribution < -0.4 is 14.8 Å². The summed E-state index contributed by atoms with van der Waals surface area (Å²) in [7, 11) is 3.08. The zero-order chi connectivity index (χ0) is 25.5. The molecule has 3 heterocycles. The first-order chi connectivity index (χ1) is 16.8. The summed E-state index contributed by atoms with van der Waals surface area (Å²) >= 11 is 0. The number of halogens is 2. The van der Waals surface area contributed by atoms with E-state index in [9.17, 15) is 13.6 Å². The van der Waals surface area contributed by atoms with Gasteiger partial charge in [0.2, 0.25) is 12.1 Å². The van der Waals surface area contributed by atoms with Crippen LogP contribution in [0.15, 0.2) is 24.7 Å². The Bertz CT molecular complexity index is 1150. The average Bonchev–Trinajstić information content (AvgIpc) is 3.24. The molecule has 0 fully saturated rings. The van der Waals surface area contributed by atoms with Gasteiger partial charge in [-0.2, -0.15) is 0 Å². The molecule has 0 aliphatic carbocycles. The predicted octanol–water partition coefficient (Wildman–Crippen LogP) is 4.47. The summed E-state index contributed by atoms with van der Waals surface area (Å²) < 4.78 is 38.0. The highest BCUT2D eigenvalue weighted by Crippen LogP contribution is 2.31. The molecule has 0 aliphatic heterocycles. The van der Waals surface area contributed by atoms with Gasteiger partial charge in [0, 0.05) is 37.0 Å². The minimum absolute atomic E-state index is 0.228. The van der Waals surface area contributed by atoms with E-state index < -0.39 is 6.43 Å². The molecular weight excluding hydrogens is 458 g/mol. The molecule has 0 bridgehead atoms. The summed E-state index contributed by atoms with van der Waals surface area (Å²) in [5.41, 5.74) is 3.34. The molecule has 2 amide bonds. The highest BCUT2D eigenvalue weighted by atomic mass is 19.3. The van der Waals surface area contributed by atoms with Gasteiger partial charge in [-0.15, -0.1) is 0 Å². The molecule has 0 aromatic carbocycles. The van der Waals surface area contributed by atoms with Crippen molar-refractivity contribution < 1.29 is 23.0 Å². The molecule has 3 aromatic rings. The first kappa shape index (κ1) is 26.1. The molecule has 9 nitrogen and oxygen atoms in total. The summed E-state index contributed by atoms with van der Waals surface area (Å²) in [6, 6.07) is 1.19. The van der Waals surface area contributed by atoms with Gasteiger partial charge >= 0.3 is 6.03 Å². The second-order valence-electron chi connectivity index (χ2n) is 8.16. The van der Waals surface area contributed by atoms with Crippen molar-refractivity contribution in [1.29, 1.82) is 0 Å². The van der Waals surface area contributed by atoms with Crippen LogP contribution in [-0.2, 0) is 6.54 Å². The van der Waals surface area contributed by atoms with E-state index in [1.54, 1.807) is 18.2 Å². The Morgan fingerprint density at radius 1 is 1.17 bits per heavy atom. The Balaban J connectivity index is 1.86. The molecule has 0 saturated heterocycles. The zero-order valence-corrected chi connectivity index (χ0v) is 20.7. The number of hydrogen-bond acceptors (Lipinski definition) is 6. The fraction of sp³-hybridized carbons (Fsp3) is 0.500. The number of methoxy groups -OCH3 is 2. The number of imidazole rings is 1. The Kier molecular flexibility index (Phi) is 8.78. The highest BCUT2D eigenvalue weighted by molar-refractivity contribution is 5.74. The van der Waals surface area contributed by atoms with Crippen molar-refractivity contribution in [3.63, 3.8) is 0 Å². The molecule has 11 heteroatoms. The normalized spacial score (nSPS) is 12.1. The predicted molar refractivity (Wildman–Crippen MR) is 128 cm³/mol.